The van der Waals surface area contributed by atoms with E-state index in [-0.39, 0.29) is 6.23 Å². The highest BCUT2D eigenvalue weighted by atomic mass is 16.7. The Bertz CT molecular complexity index is 719. The Morgan fingerprint density at radius 2 is 1.93 bits per heavy atom. The first-order valence-electron chi connectivity index (χ1n) is 9.49. The highest BCUT2D eigenvalue weighted by Gasteiger charge is 2.50. The van der Waals surface area contributed by atoms with Gasteiger partial charge in [-0.1, -0.05) is 12.1 Å². The maximum Gasteiger partial charge on any atom is 0.487 e. The molecule has 3 heterocycles. The summed E-state index contributed by atoms with van der Waals surface area (Å²) in [5, 5.41) is 4.56. The van der Waals surface area contributed by atoms with Crippen LogP contribution in [0.25, 0.3) is 6.08 Å². The van der Waals surface area contributed by atoms with Crippen LogP contribution in [0.15, 0.2) is 5.98 Å². The van der Waals surface area contributed by atoms with Crippen LogP contribution in [0.5, 0.6) is 0 Å². The minimum Gasteiger partial charge on any atom is -0.464 e. The number of ether oxygens (including phenoxy) is 2. The van der Waals surface area contributed by atoms with E-state index in [0.29, 0.717) is 17.9 Å². The summed E-state index contributed by atoms with van der Waals surface area (Å²) in [6.45, 7) is 10.6. The molecule has 2 fully saturated rings. The Morgan fingerprint density at radius 3 is 2.48 bits per heavy atom. The van der Waals surface area contributed by atoms with Gasteiger partial charge in [0.2, 0.25) is 0 Å². The third kappa shape index (κ3) is 3.84. The van der Waals surface area contributed by atoms with Crippen molar-refractivity contribution in [1.82, 2.24) is 9.78 Å². The van der Waals surface area contributed by atoms with Crippen LogP contribution in [0.4, 0.5) is 0 Å². The Hall–Kier alpha value is -1.64. The SMILES string of the molecule is COC(=O)c1c(/C=C/B2OC(C)(C)C(C)(C)O2)c(C)nn1C1CCCCO1. The highest BCUT2D eigenvalue weighted by Crippen LogP contribution is 2.37. The van der Waals surface area contributed by atoms with Crippen molar-refractivity contribution < 1.29 is 23.6 Å². The predicted octanol–water partition coefficient (Wildman–Crippen LogP) is 3.32. The molecular formula is C19H29BN2O5. The van der Waals surface area contributed by atoms with Crippen molar-refractivity contribution >= 4 is 19.2 Å². The minimum atomic E-state index is -0.492. The third-order valence-electron chi connectivity index (χ3n) is 5.63. The van der Waals surface area contributed by atoms with Crippen molar-refractivity contribution in [1.29, 1.82) is 0 Å². The summed E-state index contributed by atoms with van der Waals surface area (Å²) in [5.41, 5.74) is 1.00. The van der Waals surface area contributed by atoms with Gasteiger partial charge in [-0.2, -0.15) is 5.10 Å². The van der Waals surface area contributed by atoms with Gasteiger partial charge in [0.25, 0.3) is 0 Å². The van der Waals surface area contributed by atoms with Gasteiger partial charge in [0.15, 0.2) is 11.9 Å². The van der Waals surface area contributed by atoms with E-state index >= 15 is 0 Å². The number of hydrogen-bond acceptors (Lipinski definition) is 6. The number of carbonyl (C=O) groups excluding carboxylic acids is 1. The van der Waals surface area contributed by atoms with Crippen LogP contribution >= 0.6 is 0 Å². The summed E-state index contributed by atoms with van der Waals surface area (Å²) in [5.74, 6) is 1.39. The van der Waals surface area contributed by atoms with Gasteiger partial charge in [-0.3, -0.25) is 0 Å². The lowest BCUT2D eigenvalue weighted by Crippen LogP contribution is -2.41. The molecule has 2 aliphatic rings. The van der Waals surface area contributed by atoms with Crippen molar-refractivity contribution in [2.24, 2.45) is 0 Å². The zero-order valence-electron chi connectivity index (χ0n) is 17.1. The first kappa shape index (κ1) is 20.1. The lowest BCUT2D eigenvalue weighted by atomic mass is 9.89. The van der Waals surface area contributed by atoms with Crippen LogP contribution in [0.1, 0.15) is 74.9 Å². The number of methoxy groups -OCH3 is 1. The fraction of sp³-hybridized carbons (Fsp3) is 0.684. The van der Waals surface area contributed by atoms with Gasteiger partial charge in [-0.15, -0.1) is 0 Å². The second-order valence-electron chi connectivity index (χ2n) is 8.09. The van der Waals surface area contributed by atoms with Crippen LogP contribution in [-0.2, 0) is 18.8 Å². The fourth-order valence-electron chi connectivity index (χ4n) is 3.33. The van der Waals surface area contributed by atoms with Crippen molar-refractivity contribution in [3.8, 4) is 0 Å². The van der Waals surface area contributed by atoms with E-state index in [4.69, 9.17) is 18.8 Å². The van der Waals surface area contributed by atoms with E-state index in [1.165, 1.54) is 7.11 Å². The molecule has 0 aliphatic carbocycles. The van der Waals surface area contributed by atoms with E-state index in [1.54, 1.807) is 4.68 Å². The zero-order chi connectivity index (χ0) is 19.8. The smallest absolute Gasteiger partial charge is 0.464 e. The summed E-state index contributed by atoms with van der Waals surface area (Å²) in [7, 11) is 0.882. The number of aryl methyl sites for hydroxylation is 1. The first-order chi connectivity index (χ1) is 12.7. The quantitative estimate of drug-likeness (QED) is 0.593. The molecule has 0 radical (unpaired) electrons. The predicted molar refractivity (Wildman–Crippen MR) is 102 cm³/mol. The van der Waals surface area contributed by atoms with Gasteiger partial charge < -0.3 is 18.8 Å². The summed E-state index contributed by atoms with van der Waals surface area (Å²) in [4.78, 5) is 12.5. The molecule has 1 aromatic rings. The maximum atomic E-state index is 12.5. The molecule has 0 amide bonds. The molecule has 2 saturated heterocycles. The fourth-order valence-corrected chi connectivity index (χ4v) is 3.33. The Labute approximate surface area is 161 Å². The highest BCUT2D eigenvalue weighted by molar-refractivity contribution is 6.52. The number of hydrogen-bond donors (Lipinski definition) is 0. The average Bonchev–Trinajstić information content (AvgIpc) is 3.05. The van der Waals surface area contributed by atoms with Gasteiger partial charge >= 0.3 is 13.1 Å². The summed E-state index contributed by atoms with van der Waals surface area (Å²) in [6, 6.07) is 0. The maximum absolute atomic E-state index is 12.5. The standard InChI is InChI=1S/C19H29BN2O5/c1-13-14(10-11-20-26-18(2,3)19(4,5)27-20)16(17(23)24-6)22(21-13)15-9-7-8-12-25-15/h10-11,15H,7-9,12H2,1-6H3/b11-10+. The van der Waals surface area contributed by atoms with Gasteiger partial charge in [0, 0.05) is 12.2 Å². The minimum absolute atomic E-state index is 0.245. The number of rotatable bonds is 4. The Balaban J connectivity index is 1.91. The van der Waals surface area contributed by atoms with Crippen molar-refractivity contribution in [3.05, 3.63) is 22.9 Å². The molecule has 1 atom stereocenters. The van der Waals surface area contributed by atoms with E-state index in [9.17, 15) is 4.79 Å². The zero-order valence-corrected chi connectivity index (χ0v) is 17.1. The molecule has 7 nitrogen and oxygen atoms in total. The molecule has 2 aliphatic heterocycles. The van der Waals surface area contributed by atoms with Gasteiger partial charge in [-0.25, -0.2) is 9.48 Å². The number of esters is 1. The monoisotopic (exact) mass is 376 g/mol. The molecule has 8 heteroatoms. The number of carbonyl (C=O) groups is 1. The lowest BCUT2D eigenvalue weighted by Gasteiger charge is -2.32. The third-order valence-corrected chi connectivity index (χ3v) is 5.63. The summed E-state index contributed by atoms with van der Waals surface area (Å²) in [6.07, 6.45) is 4.48. The van der Waals surface area contributed by atoms with Gasteiger partial charge in [0.1, 0.15) is 0 Å². The molecule has 0 bridgehead atoms. The first-order valence-corrected chi connectivity index (χ1v) is 9.49. The molecule has 0 spiro atoms. The molecule has 0 aromatic carbocycles. The van der Waals surface area contributed by atoms with E-state index in [0.717, 1.165) is 25.0 Å². The van der Waals surface area contributed by atoms with E-state index < -0.39 is 24.3 Å². The topological polar surface area (TPSA) is 71.8 Å². The largest absolute Gasteiger partial charge is 0.487 e. The van der Waals surface area contributed by atoms with E-state index in [1.807, 2.05) is 46.7 Å². The number of aromatic nitrogens is 2. The van der Waals surface area contributed by atoms with E-state index in [2.05, 4.69) is 5.10 Å². The summed E-state index contributed by atoms with van der Waals surface area (Å²) >= 11 is 0. The Morgan fingerprint density at radius 1 is 1.26 bits per heavy atom. The van der Waals surface area contributed by atoms with Crippen LogP contribution in [0.2, 0.25) is 0 Å². The molecule has 148 valence electrons. The average molecular weight is 376 g/mol. The van der Waals surface area contributed by atoms with Gasteiger partial charge in [0.05, 0.1) is 24.0 Å². The van der Waals surface area contributed by atoms with Gasteiger partial charge in [-0.05, 0) is 53.9 Å². The summed E-state index contributed by atoms with van der Waals surface area (Å²) < 4.78 is 24.5. The van der Waals surface area contributed by atoms with Crippen molar-refractivity contribution in [3.63, 3.8) is 0 Å². The lowest BCUT2D eigenvalue weighted by molar-refractivity contribution is -0.0416. The molecule has 0 N–H and O–H groups in total. The van der Waals surface area contributed by atoms with Crippen LogP contribution in [0, 0.1) is 6.92 Å². The van der Waals surface area contributed by atoms with Crippen molar-refractivity contribution in [2.75, 3.05) is 13.7 Å². The second kappa shape index (κ2) is 7.41. The molecule has 1 aromatic heterocycles. The molecule has 3 rings (SSSR count). The van der Waals surface area contributed by atoms with Crippen LogP contribution in [0.3, 0.4) is 0 Å². The molecule has 27 heavy (non-hydrogen) atoms. The molecular weight excluding hydrogens is 347 g/mol. The molecule has 0 saturated carbocycles. The normalized spacial score (nSPS) is 24.5. The second-order valence-corrected chi connectivity index (χ2v) is 8.09. The molecule has 1 unspecified atom stereocenters. The van der Waals surface area contributed by atoms with Crippen LogP contribution < -0.4 is 0 Å². The number of nitrogens with zero attached hydrogens (tertiary/aromatic N) is 2. The van der Waals surface area contributed by atoms with Crippen molar-refractivity contribution in [2.45, 2.75) is 71.3 Å². The Kier molecular flexibility index (Phi) is 5.52. The van der Waals surface area contributed by atoms with Crippen LogP contribution in [-0.4, -0.2) is 47.8 Å².